The van der Waals surface area contributed by atoms with Crippen molar-refractivity contribution in [3.8, 4) is 0 Å². The number of hydrogen-bond acceptors (Lipinski definition) is 4. The molecule has 106 valence electrons. The first kappa shape index (κ1) is 14.5. The summed E-state index contributed by atoms with van der Waals surface area (Å²) in [6.07, 6.45) is 1.17. The molecular weight excluding hydrogens is 264 g/mol. The Bertz CT molecular complexity index is 510. The van der Waals surface area contributed by atoms with Crippen molar-refractivity contribution in [2.45, 2.75) is 13.1 Å². The van der Waals surface area contributed by atoms with Crippen molar-refractivity contribution in [1.82, 2.24) is 9.62 Å². The van der Waals surface area contributed by atoms with Gasteiger partial charge < -0.3 is 4.74 Å². The number of hydrogen-bond donors (Lipinski definition) is 1. The molecule has 1 aromatic carbocycles. The van der Waals surface area contributed by atoms with Gasteiger partial charge in [0.15, 0.2) is 0 Å². The first-order valence-corrected chi connectivity index (χ1v) is 8.25. The zero-order chi connectivity index (χ0) is 13.7. The molecule has 1 aliphatic heterocycles. The number of nitrogens with zero attached hydrogens (tertiary/aromatic N) is 1. The Hall–Kier alpha value is -0.950. The average Bonchev–Trinajstić information content (AvgIpc) is 2.37. The van der Waals surface area contributed by atoms with Gasteiger partial charge in [-0.25, -0.2) is 13.1 Å². The molecule has 1 aromatic rings. The second-order valence-electron chi connectivity index (χ2n) is 4.80. The minimum Gasteiger partial charge on any atom is -0.379 e. The van der Waals surface area contributed by atoms with Crippen LogP contribution in [-0.4, -0.2) is 45.9 Å². The Morgan fingerprint density at radius 2 is 1.95 bits per heavy atom. The zero-order valence-electron chi connectivity index (χ0n) is 11.1. The molecular formula is C13H20N2O3S. The number of rotatable bonds is 5. The molecule has 0 aromatic heterocycles. The third-order valence-corrected chi connectivity index (χ3v) is 3.71. The molecule has 0 bridgehead atoms. The molecule has 5 nitrogen and oxygen atoms in total. The Morgan fingerprint density at radius 1 is 1.26 bits per heavy atom. The molecule has 0 saturated carbocycles. The monoisotopic (exact) mass is 284 g/mol. The molecule has 1 N–H and O–H groups in total. The van der Waals surface area contributed by atoms with Crippen molar-refractivity contribution in [2.24, 2.45) is 0 Å². The maximum atomic E-state index is 11.1. The zero-order valence-corrected chi connectivity index (χ0v) is 11.9. The van der Waals surface area contributed by atoms with Gasteiger partial charge in [0.05, 0.1) is 19.5 Å². The summed E-state index contributed by atoms with van der Waals surface area (Å²) in [7, 11) is -3.14. The molecule has 0 spiro atoms. The molecule has 1 saturated heterocycles. The van der Waals surface area contributed by atoms with E-state index in [4.69, 9.17) is 4.74 Å². The van der Waals surface area contributed by atoms with Crippen LogP contribution < -0.4 is 4.72 Å². The van der Waals surface area contributed by atoms with Gasteiger partial charge in [-0.3, -0.25) is 4.90 Å². The summed E-state index contributed by atoms with van der Waals surface area (Å²) in [5.74, 6) is 0. The third kappa shape index (κ3) is 5.28. The van der Waals surface area contributed by atoms with Crippen LogP contribution in [0.3, 0.4) is 0 Å². The van der Waals surface area contributed by atoms with Crippen LogP contribution >= 0.6 is 0 Å². The van der Waals surface area contributed by atoms with Crippen LogP contribution in [0, 0.1) is 0 Å². The van der Waals surface area contributed by atoms with Crippen molar-refractivity contribution in [3.63, 3.8) is 0 Å². The third-order valence-electron chi connectivity index (χ3n) is 3.04. The van der Waals surface area contributed by atoms with E-state index in [1.165, 1.54) is 11.8 Å². The number of nitrogens with one attached hydrogen (secondary N) is 1. The van der Waals surface area contributed by atoms with Gasteiger partial charge in [0.1, 0.15) is 0 Å². The molecule has 0 unspecified atom stereocenters. The lowest BCUT2D eigenvalue weighted by Crippen LogP contribution is -2.35. The summed E-state index contributed by atoms with van der Waals surface area (Å²) < 4.78 is 30.0. The summed E-state index contributed by atoms with van der Waals surface area (Å²) >= 11 is 0. The predicted molar refractivity (Wildman–Crippen MR) is 74.2 cm³/mol. The van der Waals surface area contributed by atoms with E-state index in [-0.39, 0.29) is 0 Å². The minimum atomic E-state index is -3.14. The first-order chi connectivity index (χ1) is 9.03. The summed E-state index contributed by atoms with van der Waals surface area (Å²) in [4.78, 5) is 2.34. The van der Waals surface area contributed by atoms with E-state index in [0.717, 1.165) is 38.4 Å². The lowest BCUT2D eigenvalue weighted by Gasteiger charge is -2.26. The van der Waals surface area contributed by atoms with Gasteiger partial charge in [0.2, 0.25) is 10.0 Å². The van der Waals surface area contributed by atoms with Crippen LogP contribution in [0.1, 0.15) is 11.1 Å². The summed E-state index contributed by atoms with van der Waals surface area (Å²) in [5, 5.41) is 0. The van der Waals surface area contributed by atoms with E-state index in [1.54, 1.807) is 0 Å². The van der Waals surface area contributed by atoms with Gasteiger partial charge in [0, 0.05) is 26.2 Å². The van der Waals surface area contributed by atoms with E-state index in [2.05, 4.69) is 15.7 Å². The van der Waals surface area contributed by atoms with E-state index in [9.17, 15) is 8.42 Å². The summed E-state index contributed by atoms with van der Waals surface area (Å²) in [6, 6.07) is 8.02. The molecule has 6 heteroatoms. The number of morpholine rings is 1. The molecule has 0 atom stereocenters. The predicted octanol–water partition coefficient (Wildman–Crippen LogP) is 0.568. The standard InChI is InChI=1S/C13H20N2O3S/c1-19(16,17)14-10-12-3-2-4-13(9-12)11-15-5-7-18-8-6-15/h2-4,9,14H,5-8,10-11H2,1H3. The van der Waals surface area contributed by atoms with Crippen molar-refractivity contribution in [2.75, 3.05) is 32.6 Å². The fraction of sp³-hybridized carbons (Fsp3) is 0.538. The van der Waals surface area contributed by atoms with Crippen LogP contribution in [0.2, 0.25) is 0 Å². The van der Waals surface area contributed by atoms with Gasteiger partial charge in [-0.2, -0.15) is 0 Å². The van der Waals surface area contributed by atoms with Crippen molar-refractivity contribution >= 4 is 10.0 Å². The molecule has 0 aliphatic carbocycles. The van der Waals surface area contributed by atoms with E-state index < -0.39 is 10.0 Å². The van der Waals surface area contributed by atoms with Crippen LogP contribution in [-0.2, 0) is 27.8 Å². The fourth-order valence-corrected chi connectivity index (χ4v) is 2.50. The van der Waals surface area contributed by atoms with Gasteiger partial charge >= 0.3 is 0 Å². The lowest BCUT2D eigenvalue weighted by atomic mass is 10.1. The molecule has 0 amide bonds. The highest BCUT2D eigenvalue weighted by Gasteiger charge is 2.10. The van der Waals surface area contributed by atoms with Crippen molar-refractivity contribution in [1.29, 1.82) is 0 Å². The van der Waals surface area contributed by atoms with Crippen LogP contribution in [0.15, 0.2) is 24.3 Å². The smallest absolute Gasteiger partial charge is 0.209 e. The van der Waals surface area contributed by atoms with Crippen LogP contribution in [0.4, 0.5) is 0 Å². The quantitative estimate of drug-likeness (QED) is 0.859. The molecule has 2 rings (SSSR count). The van der Waals surface area contributed by atoms with Crippen molar-refractivity contribution < 1.29 is 13.2 Å². The highest BCUT2D eigenvalue weighted by molar-refractivity contribution is 7.88. The maximum absolute atomic E-state index is 11.1. The Kier molecular flexibility index (Phi) is 4.93. The molecule has 1 heterocycles. The maximum Gasteiger partial charge on any atom is 0.209 e. The topological polar surface area (TPSA) is 58.6 Å². The largest absolute Gasteiger partial charge is 0.379 e. The lowest BCUT2D eigenvalue weighted by molar-refractivity contribution is 0.0342. The van der Waals surface area contributed by atoms with E-state index in [0.29, 0.717) is 6.54 Å². The first-order valence-electron chi connectivity index (χ1n) is 6.35. The number of benzene rings is 1. The second kappa shape index (κ2) is 6.47. The Morgan fingerprint density at radius 3 is 2.63 bits per heavy atom. The van der Waals surface area contributed by atoms with Crippen molar-refractivity contribution in [3.05, 3.63) is 35.4 Å². The van der Waals surface area contributed by atoms with Crippen LogP contribution in [0.5, 0.6) is 0 Å². The van der Waals surface area contributed by atoms with E-state index >= 15 is 0 Å². The van der Waals surface area contributed by atoms with E-state index in [1.807, 2.05) is 18.2 Å². The fourth-order valence-electron chi connectivity index (χ4n) is 2.07. The van der Waals surface area contributed by atoms with Gasteiger partial charge in [-0.1, -0.05) is 24.3 Å². The van der Waals surface area contributed by atoms with Gasteiger partial charge in [-0.05, 0) is 11.1 Å². The molecule has 0 radical (unpaired) electrons. The average molecular weight is 284 g/mol. The highest BCUT2D eigenvalue weighted by atomic mass is 32.2. The number of ether oxygens (including phenoxy) is 1. The Balaban J connectivity index is 1.94. The second-order valence-corrected chi connectivity index (χ2v) is 6.63. The van der Waals surface area contributed by atoms with Gasteiger partial charge in [-0.15, -0.1) is 0 Å². The van der Waals surface area contributed by atoms with Crippen LogP contribution in [0.25, 0.3) is 0 Å². The normalized spacial score (nSPS) is 17.5. The highest BCUT2D eigenvalue weighted by Crippen LogP contribution is 2.10. The van der Waals surface area contributed by atoms with Gasteiger partial charge in [0.25, 0.3) is 0 Å². The summed E-state index contributed by atoms with van der Waals surface area (Å²) in [6.45, 7) is 4.70. The number of sulfonamides is 1. The summed E-state index contributed by atoms with van der Waals surface area (Å²) in [5.41, 5.74) is 2.19. The SMILES string of the molecule is CS(=O)(=O)NCc1cccc(CN2CCOCC2)c1. The molecule has 1 aliphatic rings. The Labute approximate surface area is 114 Å². The molecule has 19 heavy (non-hydrogen) atoms. The minimum absolute atomic E-state index is 0.343. The molecule has 1 fully saturated rings.